The molecule has 0 aromatic heterocycles. The van der Waals surface area contributed by atoms with E-state index >= 15 is 0 Å². The van der Waals surface area contributed by atoms with Gasteiger partial charge in [-0.15, -0.1) is 0 Å². The third kappa shape index (κ3) is 2.74. The molecule has 1 aromatic rings. The van der Waals surface area contributed by atoms with Crippen LogP contribution in [0.5, 0.6) is 0 Å². The fourth-order valence-corrected chi connectivity index (χ4v) is 1.13. The lowest BCUT2D eigenvalue weighted by molar-refractivity contribution is 0.425. The topological polar surface area (TPSA) is 68.4 Å². The van der Waals surface area contributed by atoms with Gasteiger partial charge in [0.2, 0.25) is 0 Å². The van der Waals surface area contributed by atoms with Crippen LogP contribution in [0.2, 0.25) is 0 Å². The minimum absolute atomic E-state index is 0.0955. The highest BCUT2D eigenvalue weighted by Crippen LogP contribution is 2.16. The fourth-order valence-electron chi connectivity index (χ4n) is 1.13. The molecule has 0 heterocycles. The maximum atomic E-state index is 13.4. The first-order valence-electron chi connectivity index (χ1n) is 4.25. The van der Waals surface area contributed by atoms with Gasteiger partial charge in [0.15, 0.2) is 0 Å². The van der Waals surface area contributed by atoms with Crippen LogP contribution in [-0.4, -0.2) is 31.3 Å². The van der Waals surface area contributed by atoms with E-state index in [4.69, 9.17) is 10.0 Å². The second-order valence-electron chi connectivity index (χ2n) is 2.90. The third-order valence-corrected chi connectivity index (χ3v) is 1.84. The molecule has 0 radical (unpaired) electrons. The van der Waals surface area contributed by atoms with Gasteiger partial charge in [0, 0.05) is 7.05 Å². The third-order valence-electron chi connectivity index (χ3n) is 1.84. The minimum atomic E-state index is -1.67. The molecule has 0 spiro atoms. The van der Waals surface area contributed by atoms with Crippen LogP contribution in [0.25, 0.3) is 0 Å². The summed E-state index contributed by atoms with van der Waals surface area (Å²) < 4.78 is 13.4. The van der Waals surface area contributed by atoms with Crippen molar-refractivity contribution in [3.8, 4) is 0 Å². The Morgan fingerprint density at radius 1 is 1.40 bits per heavy atom. The van der Waals surface area contributed by atoms with Gasteiger partial charge in [0.1, 0.15) is 5.82 Å². The molecule has 2 N–H and O–H groups in total. The fraction of sp³-hybridized carbons (Fsp3) is 0.250. The van der Waals surface area contributed by atoms with Crippen molar-refractivity contribution in [3.05, 3.63) is 24.0 Å². The Kier molecular flexibility index (Phi) is 3.76. The summed E-state index contributed by atoms with van der Waals surface area (Å²) in [6, 6.07) is 3.85. The second-order valence-corrected chi connectivity index (χ2v) is 2.90. The van der Waals surface area contributed by atoms with Gasteiger partial charge in [0.25, 0.3) is 0 Å². The zero-order valence-electron chi connectivity index (χ0n) is 8.42. The Balaban J connectivity index is 3.02. The Bertz CT molecular complexity index is 373. The standard InChI is InChI=1S/C8H11BFN3O2/c1-11-12-13(2)8-4-3-6(9(14)15)5-7(8)10/h3-5,14-15H,1-2H3. The van der Waals surface area contributed by atoms with Gasteiger partial charge in [-0.25, -0.2) is 9.40 Å². The maximum Gasteiger partial charge on any atom is 0.488 e. The van der Waals surface area contributed by atoms with Crippen molar-refractivity contribution in [2.45, 2.75) is 0 Å². The molecule has 0 fully saturated rings. The molecule has 1 aromatic carbocycles. The van der Waals surface area contributed by atoms with Gasteiger partial charge in [-0.1, -0.05) is 11.3 Å². The average Bonchev–Trinajstić information content (AvgIpc) is 2.17. The quantitative estimate of drug-likeness (QED) is 0.418. The highest BCUT2D eigenvalue weighted by molar-refractivity contribution is 6.58. The first-order chi connectivity index (χ1) is 7.06. The van der Waals surface area contributed by atoms with E-state index in [9.17, 15) is 4.39 Å². The lowest BCUT2D eigenvalue weighted by Crippen LogP contribution is -2.30. The smallest absolute Gasteiger partial charge is 0.423 e. The van der Waals surface area contributed by atoms with E-state index in [1.54, 1.807) is 7.05 Å². The van der Waals surface area contributed by atoms with Gasteiger partial charge in [-0.2, -0.15) is 5.11 Å². The zero-order chi connectivity index (χ0) is 11.4. The van der Waals surface area contributed by atoms with Crippen LogP contribution >= 0.6 is 0 Å². The SMILES string of the molecule is CN=NN(C)c1ccc(B(O)O)cc1F. The van der Waals surface area contributed by atoms with E-state index < -0.39 is 12.9 Å². The van der Waals surface area contributed by atoms with Gasteiger partial charge >= 0.3 is 7.12 Å². The molecule has 0 amide bonds. The van der Waals surface area contributed by atoms with Crippen molar-refractivity contribution in [3.63, 3.8) is 0 Å². The molecule has 0 saturated heterocycles. The molecule has 15 heavy (non-hydrogen) atoms. The number of benzene rings is 1. The lowest BCUT2D eigenvalue weighted by atomic mass is 9.80. The minimum Gasteiger partial charge on any atom is -0.423 e. The van der Waals surface area contributed by atoms with Crippen molar-refractivity contribution in [1.29, 1.82) is 0 Å². The van der Waals surface area contributed by atoms with Crippen LogP contribution in [0.1, 0.15) is 0 Å². The number of hydrogen-bond acceptors (Lipinski definition) is 4. The second kappa shape index (κ2) is 4.85. The summed E-state index contributed by atoms with van der Waals surface area (Å²) in [7, 11) is 1.34. The first kappa shape index (κ1) is 11.6. The van der Waals surface area contributed by atoms with Gasteiger partial charge in [0.05, 0.1) is 12.7 Å². The molecular weight excluding hydrogens is 200 g/mol. The predicted molar refractivity (Wildman–Crippen MR) is 55.4 cm³/mol. The highest BCUT2D eigenvalue weighted by Gasteiger charge is 2.14. The molecule has 7 heteroatoms. The Labute approximate surface area is 87.0 Å². The summed E-state index contributed by atoms with van der Waals surface area (Å²) in [5, 5.41) is 26.0. The molecule has 0 unspecified atom stereocenters. The highest BCUT2D eigenvalue weighted by atomic mass is 19.1. The zero-order valence-corrected chi connectivity index (χ0v) is 8.42. The van der Waals surface area contributed by atoms with Gasteiger partial charge in [-0.05, 0) is 17.6 Å². The molecule has 0 aliphatic heterocycles. The van der Waals surface area contributed by atoms with Crippen LogP contribution in [0.15, 0.2) is 28.5 Å². The van der Waals surface area contributed by atoms with E-state index in [-0.39, 0.29) is 11.2 Å². The maximum absolute atomic E-state index is 13.4. The first-order valence-corrected chi connectivity index (χ1v) is 4.25. The number of nitrogens with zero attached hydrogens (tertiary/aromatic N) is 3. The number of halogens is 1. The predicted octanol–water partition coefficient (Wildman–Crippen LogP) is -0.0613. The van der Waals surface area contributed by atoms with E-state index in [1.165, 1.54) is 24.2 Å². The normalized spacial score (nSPS) is 10.7. The monoisotopic (exact) mass is 211 g/mol. The molecule has 0 aliphatic rings. The van der Waals surface area contributed by atoms with Crippen molar-refractivity contribution in [2.75, 3.05) is 19.1 Å². The number of hydrogen-bond donors (Lipinski definition) is 2. The Hall–Kier alpha value is -1.47. The summed E-state index contributed by atoms with van der Waals surface area (Å²) >= 11 is 0. The van der Waals surface area contributed by atoms with Gasteiger partial charge < -0.3 is 10.0 Å². The summed E-state index contributed by atoms with van der Waals surface area (Å²) in [5.41, 5.74) is 0.308. The van der Waals surface area contributed by atoms with Crippen molar-refractivity contribution in [1.82, 2.24) is 0 Å². The molecule has 1 rings (SSSR count). The molecule has 5 nitrogen and oxygen atoms in total. The number of rotatable bonds is 3. The van der Waals surface area contributed by atoms with Gasteiger partial charge in [-0.3, -0.25) is 0 Å². The summed E-state index contributed by atoms with van der Waals surface area (Å²) in [4.78, 5) is 0. The summed E-state index contributed by atoms with van der Waals surface area (Å²) in [5.74, 6) is -0.587. The van der Waals surface area contributed by atoms with Crippen LogP contribution in [0.3, 0.4) is 0 Å². The lowest BCUT2D eigenvalue weighted by Gasteiger charge is -2.12. The van der Waals surface area contributed by atoms with E-state index in [1.807, 2.05) is 0 Å². The van der Waals surface area contributed by atoms with Crippen molar-refractivity contribution in [2.24, 2.45) is 10.3 Å². The molecule has 0 atom stereocenters. The summed E-state index contributed by atoms with van der Waals surface area (Å²) in [6.45, 7) is 0. The molecule has 0 saturated carbocycles. The largest absolute Gasteiger partial charge is 0.488 e. The molecule has 80 valence electrons. The Morgan fingerprint density at radius 3 is 2.53 bits per heavy atom. The number of anilines is 1. The van der Waals surface area contributed by atoms with Crippen LogP contribution in [-0.2, 0) is 0 Å². The Morgan fingerprint density at radius 2 is 2.07 bits per heavy atom. The van der Waals surface area contributed by atoms with E-state index in [0.29, 0.717) is 0 Å². The average molecular weight is 211 g/mol. The molecular formula is C8H11BFN3O2. The van der Waals surface area contributed by atoms with Crippen molar-refractivity contribution >= 4 is 18.3 Å². The van der Waals surface area contributed by atoms with Crippen molar-refractivity contribution < 1.29 is 14.4 Å². The van der Waals surface area contributed by atoms with Crippen LogP contribution < -0.4 is 10.5 Å². The van der Waals surface area contributed by atoms with Crippen LogP contribution in [0, 0.1) is 5.82 Å². The van der Waals surface area contributed by atoms with Crippen LogP contribution in [0.4, 0.5) is 10.1 Å². The van der Waals surface area contributed by atoms with E-state index in [0.717, 1.165) is 6.07 Å². The molecule has 0 bridgehead atoms. The molecule has 0 aliphatic carbocycles. The van der Waals surface area contributed by atoms with E-state index in [2.05, 4.69) is 10.3 Å². The summed E-state index contributed by atoms with van der Waals surface area (Å²) in [6.07, 6.45) is 0.